The van der Waals surface area contributed by atoms with E-state index in [-0.39, 0.29) is 31.0 Å². The van der Waals surface area contributed by atoms with E-state index in [1.165, 1.54) is 35.0 Å². The van der Waals surface area contributed by atoms with E-state index < -0.39 is 36.0 Å². The van der Waals surface area contributed by atoms with Crippen LogP contribution in [0.25, 0.3) is 0 Å². The number of rotatable bonds is 6. The Bertz CT molecular complexity index is 1200. The van der Waals surface area contributed by atoms with Crippen LogP contribution in [0, 0.1) is 5.82 Å². The second-order valence-electron chi connectivity index (χ2n) is 8.50. The van der Waals surface area contributed by atoms with Crippen LogP contribution in [-0.4, -0.2) is 45.4 Å². The number of aromatic nitrogens is 2. The monoisotopic (exact) mass is 470 g/mol. The molecule has 4 rings (SSSR count). The fraction of sp³-hybridized carbons (Fsp3) is 0.320. The quantitative estimate of drug-likeness (QED) is 0.594. The van der Waals surface area contributed by atoms with Crippen molar-refractivity contribution in [3.05, 3.63) is 94.3 Å². The number of hydrogen-bond acceptors (Lipinski definition) is 4. The number of piperidine rings is 1. The smallest absolute Gasteiger partial charge is 0.257 e. The zero-order valence-electron chi connectivity index (χ0n) is 18.6. The minimum Gasteiger partial charge on any atom is -0.311 e. The van der Waals surface area contributed by atoms with Crippen LogP contribution in [0.15, 0.2) is 71.8 Å². The van der Waals surface area contributed by atoms with E-state index in [9.17, 15) is 22.8 Å². The van der Waals surface area contributed by atoms with Crippen LogP contribution in [0.4, 0.5) is 19.0 Å². The predicted molar refractivity (Wildman–Crippen MR) is 122 cm³/mol. The van der Waals surface area contributed by atoms with Crippen molar-refractivity contribution in [1.82, 2.24) is 14.5 Å². The first kappa shape index (κ1) is 23.7. The lowest BCUT2D eigenvalue weighted by Crippen LogP contribution is -2.52. The predicted octanol–water partition coefficient (Wildman–Crippen LogP) is 3.88. The van der Waals surface area contributed by atoms with Crippen LogP contribution in [0.5, 0.6) is 0 Å². The molecule has 0 spiro atoms. The van der Waals surface area contributed by atoms with Crippen LogP contribution >= 0.6 is 0 Å². The van der Waals surface area contributed by atoms with Gasteiger partial charge in [0.1, 0.15) is 11.6 Å². The third-order valence-electron chi connectivity index (χ3n) is 6.17. The number of hydrogen-bond donors (Lipinski definition) is 1. The van der Waals surface area contributed by atoms with Crippen LogP contribution in [0.3, 0.4) is 0 Å². The highest BCUT2D eigenvalue weighted by molar-refractivity contribution is 5.93. The number of likely N-dealkylation sites (tertiary alicyclic amines) is 1. The summed E-state index contributed by atoms with van der Waals surface area (Å²) < 4.78 is 44.4. The lowest BCUT2D eigenvalue weighted by atomic mass is 9.87. The van der Waals surface area contributed by atoms with Gasteiger partial charge in [0, 0.05) is 31.8 Å². The van der Waals surface area contributed by atoms with Gasteiger partial charge in [-0.15, -0.1) is 0 Å². The summed E-state index contributed by atoms with van der Waals surface area (Å²) in [6.07, 6.45) is 2.06. The van der Waals surface area contributed by atoms with Gasteiger partial charge in [-0.3, -0.25) is 14.5 Å². The molecule has 0 unspecified atom stereocenters. The van der Waals surface area contributed by atoms with Crippen LogP contribution < -0.4 is 10.9 Å². The standard InChI is InChI=1S/C25H25F3N4O2/c1-17(24(34)30-22-9-8-20(26)13-29-22)31-12-11-25(27,28)21(16-31)19-7-10-23(33)32(15-19)14-18-5-3-2-4-6-18/h2-10,13,15,17,21H,11-12,14,16H2,1H3,(H,29,30,34)/t17-,21+/m0/s1. The third kappa shape index (κ3) is 5.36. The SMILES string of the molecule is C[C@@H](C(=O)Nc1ccc(F)cn1)N1CCC(F)(F)[C@@H](c2ccc(=O)n(Cc3ccccc3)c2)C1. The summed E-state index contributed by atoms with van der Waals surface area (Å²) in [7, 11) is 0. The molecule has 0 radical (unpaired) electrons. The molecule has 1 aromatic carbocycles. The average Bonchev–Trinajstić information content (AvgIpc) is 2.82. The number of carbonyl (C=O) groups excluding carboxylic acids is 1. The van der Waals surface area contributed by atoms with E-state index in [1.54, 1.807) is 11.8 Å². The molecule has 1 amide bonds. The maximum absolute atomic E-state index is 15.0. The molecule has 0 bridgehead atoms. The van der Waals surface area contributed by atoms with Gasteiger partial charge in [0.25, 0.3) is 11.5 Å². The number of nitrogens with zero attached hydrogens (tertiary/aromatic N) is 3. The molecule has 1 N–H and O–H groups in total. The molecule has 1 fully saturated rings. The normalized spacial score (nSPS) is 18.9. The fourth-order valence-corrected chi connectivity index (χ4v) is 4.13. The molecule has 3 heterocycles. The van der Waals surface area contributed by atoms with Gasteiger partial charge in [-0.05, 0) is 30.2 Å². The van der Waals surface area contributed by atoms with Crippen molar-refractivity contribution in [3.63, 3.8) is 0 Å². The first-order valence-electron chi connectivity index (χ1n) is 11.0. The van der Waals surface area contributed by atoms with E-state index in [1.807, 2.05) is 30.3 Å². The highest BCUT2D eigenvalue weighted by Crippen LogP contribution is 2.40. The Morgan fingerprint density at radius 3 is 2.65 bits per heavy atom. The number of carbonyl (C=O) groups is 1. The van der Waals surface area contributed by atoms with Gasteiger partial charge < -0.3 is 9.88 Å². The number of nitrogens with one attached hydrogen (secondary N) is 1. The maximum Gasteiger partial charge on any atom is 0.257 e. The van der Waals surface area contributed by atoms with Crippen LogP contribution in [0.1, 0.15) is 30.4 Å². The summed E-state index contributed by atoms with van der Waals surface area (Å²) in [6, 6.07) is 13.9. The minimum atomic E-state index is -2.99. The third-order valence-corrected chi connectivity index (χ3v) is 6.17. The zero-order valence-corrected chi connectivity index (χ0v) is 18.6. The summed E-state index contributed by atoms with van der Waals surface area (Å²) in [4.78, 5) is 30.5. The molecule has 0 saturated carbocycles. The minimum absolute atomic E-state index is 0.0403. The van der Waals surface area contributed by atoms with Crippen molar-refractivity contribution in [3.8, 4) is 0 Å². The molecule has 1 saturated heterocycles. The number of anilines is 1. The highest BCUT2D eigenvalue weighted by Gasteiger charge is 2.46. The molecule has 1 aliphatic heterocycles. The van der Waals surface area contributed by atoms with Crippen molar-refractivity contribution in [2.75, 3.05) is 18.4 Å². The van der Waals surface area contributed by atoms with Crippen molar-refractivity contribution < 1.29 is 18.0 Å². The Labute approximate surface area is 195 Å². The van der Waals surface area contributed by atoms with E-state index in [0.717, 1.165) is 11.8 Å². The molecule has 9 heteroatoms. The van der Waals surface area contributed by atoms with Crippen molar-refractivity contribution in [2.24, 2.45) is 0 Å². The Hall–Kier alpha value is -3.46. The summed E-state index contributed by atoms with van der Waals surface area (Å²) in [5.41, 5.74) is 0.958. The molecular formula is C25H25F3N4O2. The summed E-state index contributed by atoms with van der Waals surface area (Å²) >= 11 is 0. The molecule has 178 valence electrons. The first-order chi connectivity index (χ1) is 16.2. The molecule has 2 aromatic heterocycles. The molecule has 6 nitrogen and oxygen atoms in total. The van der Waals surface area contributed by atoms with E-state index in [2.05, 4.69) is 10.3 Å². The number of pyridine rings is 2. The Morgan fingerprint density at radius 2 is 1.94 bits per heavy atom. The molecule has 2 atom stereocenters. The van der Waals surface area contributed by atoms with Gasteiger partial charge in [0.15, 0.2) is 0 Å². The number of alkyl halides is 2. The van der Waals surface area contributed by atoms with Crippen LogP contribution in [0.2, 0.25) is 0 Å². The van der Waals surface area contributed by atoms with Gasteiger partial charge in [0.05, 0.1) is 24.7 Å². The topological polar surface area (TPSA) is 67.2 Å². The number of halogens is 3. The van der Waals surface area contributed by atoms with Crippen molar-refractivity contribution in [2.45, 2.75) is 37.8 Å². The molecule has 34 heavy (non-hydrogen) atoms. The Balaban J connectivity index is 1.52. The second kappa shape index (κ2) is 9.80. The summed E-state index contributed by atoms with van der Waals surface area (Å²) in [5, 5.41) is 2.59. The highest BCUT2D eigenvalue weighted by atomic mass is 19.3. The van der Waals surface area contributed by atoms with Gasteiger partial charge in [0.2, 0.25) is 5.91 Å². The van der Waals surface area contributed by atoms with Crippen molar-refractivity contribution in [1.29, 1.82) is 0 Å². The van der Waals surface area contributed by atoms with E-state index in [4.69, 9.17) is 0 Å². The van der Waals surface area contributed by atoms with Gasteiger partial charge >= 0.3 is 0 Å². The van der Waals surface area contributed by atoms with Crippen LogP contribution in [-0.2, 0) is 11.3 Å². The molecular weight excluding hydrogens is 445 g/mol. The zero-order chi connectivity index (χ0) is 24.3. The number of amides is 1. The van der Waals surface area contributed by atoms with Gasteiger partial charge in [-0.25, -0.2) is 18.2 Å². The van der Waals surface area contributed by atoms with E-state index in [0.29, 0.717) is 5.56 Å². The molecule has 0 aliphatic carbocycles. The molecule has 1 aliphatic rings. The number of benzene rings is 1. The fourth-order valence-electron chi connectivity index (χ4n) is 4.13. The second-order valence-corrected chi connectivity index (χ2v) is 8.50. The van der Waals surface area contributed by atoms with Crippen molar-refractivity contribution >= 4 is 11.7 Å². The first-order valence-corrected chi connectivity index (χ1v) is 11.0. The van der Waals surface area contributed by atoms with E-state index >= 15 is 0 Å². The average molecular weight is 470 g/mol. The lowest BCUT2D eigenvalue weighted by Gasteiger charge is -2.40. The Kier molecular flexibility index (Phi) is 6.83. The molecule has 3 aromatic rings. The maximum atomic E-state index is 15.0. The Morgan fingerprint density at radius 1 is 1.18 bits per heavy atom. The van der Waals surface area contributed by atoms with Gasteiger partial charge in [-0.2, -0.15) is 0 Å². The summed E-state index contributed by atoms with van der Waals surface area (Å²) in [5.74, 6) is -4.92. The lowest BCUT2D eigenvalue weighted by molar-refractivity contribution is -0.125. The van der Waals surface area contributed by atoms with Gasteiger partial charge in [-0.1, -0.05) is 36.4 Å². The largest absolute Gasteiger partial charge is 0.311 e. The summed E-state index contributed by atoms with van der Waals surface area (Å²) in [6.45, 7) is 1.90.